The minimum atomic E-state index is 1.10. The molecule has 4 heteroatoms. The number of rotatable bonds is 4. The molecule has 0 fully saturated rings. The van der Waals surface area contributed by atoms with Gasteiger partial charge in [0.15, 0.2) is 0 Å². The van der Waals surface area contributed by atoms with Gasteiger partial charge in [0.1, 0.15) is 0 Å². The molecule has 0 saturated carbocycles. The van der Waals surface area contributed by atoms with E-state index >= 15 is 0 Å². The first-order chi connectivity index (χ1) is 28.8. The first kappa shape index (κ1) is 31.4. The van der Waals surface area contributed by atoms with Gasteiger partial charge in [-0.3, -0.25) is 0 Å². The topological polar surface area (TPSA) is 19.7 Å². The van der Waals surface area contributed by atoms with Gasteiger partial charge in [0.25, 0.3) is 0 Å². The molecule has 4 nitrogen and oxygen atoms in total. The lowest BCUT2D eigenvalue weighted by Gasteiger charge is -2.17. The Balaban J connectivity index is 1.17. The van der Waals surface area contributed by atoms with E-state index in [0.29, 0.717) is 0 Å². The van der Waals surface area contributed by atoms with Crippen LogP contribution in [-0.4, -0.2) is 18.3 Å². The predicted octanol–water partition coefficient (Wildman–Crippen LogP) is 14.1. The van der Waals surface area contributed by atoms with Crippen molar-refractivity contribution in [3.05, 3.63) is 206 Å². The zero-order valence-corrected chi connectivity index (χ0v) is 31.4. The second-order valence-electron chi connectivity index (χ2n) is 15.4. The van der Waals surface area contributed by atoms with E-state index in [-0.39, 0.29) is 0 Å². The Hall–Kier alpha value is -7.82. The van der Waals surface area contributed by atoms with Gasteiger partial charge in [0.2, 0.25) is 0 Å². The van der Waals surface area contributed by atoms with E-state index in [9.17, 15) is 0 Å². The Bertz CT molecular complexity index is 3520. The van der Waals surface area contributed by atoms with Gasteiger partial charge in [0, 0.05) is 48.8 Å². The molecule has 0 amide bonds. The van der Waals surface area contributed by atoms with Gasteiger partial charge >= 0.3 is 0 Å². The molecule has 0 N–H and O–H groups in total. The van der Waals surface area contributed by atoms with Crippen molar-refractivity contribution in [1.29, 1.82) is 0 Å². The predicted molar refractivity (Wildman–Crippen MR) is 244 cm³/mol. The molecule has 58 heavy (non-hydrogen) atoms. The van der Waals surface area contributed by atoms with Crippen molar-refractivity contribution in [1.82, 2.24) is 18.3 Å². The van der Waals surface area contributed by atoms with Crippen LogP contribution < -0.4 is 0 Å². The Kier molecular flexibility index (Phi) is 6.41. The maximum atomic E-state index is 2.48. The van der Waals surface area contributed by atoms with Crippen molar-refractivity contribution in [2.45, 2.75) is 0 Å². The lowest BCUT2D eigenvalue weighted by Crippen LogP contribution is -2.03. The molecule has 13 rings (SSSR count). The van der Waals surface area contributed by atoms with E-state index in [4.69, 9.17) is 0 Å². The van der Waals surface area contributed by atoms with Crippen molar-refractivity contribution in [2.75, 3.05) is 0 Å². The van der Waals surface area contributed by atoms with Gasteiger partial charge in [-0.2, -0.15) is 0 Å². The molecule has 0 radical (unpaired) electrons. The fourth-order valence-corrected chi connectivity index (χ4v) is 9.95. The Morgan fingerprint density at radius 3 is 0.690 bits per heavy atom. The van der Waals surface area contributed by atoms with E-state index in [1.165, 1.54) is 81.7 Å². The highest BCUT2D eigenvalue weighted by Crippen LogP contribution is 2.40. The molecule has 4 heterocycles. The molecule has 0 unspecified atom stereocenters. The van der Waals surface area contributed by atoms with Crippen molar-refractivity contribution < 1.29 is 0 Å². The fraction of sp³-hybridized carbons (Fsp3) is 0. The Morgan fingerprint density at radius 1 is 0.172 bits per heavy atom. The van der Waals surface area contributed by atoms with Gasteiger partial charge in [-0.05, 0) is 72.8 Å². The molecule has 13 aromatic rings. The van der Waals surface area contributed by atoms with Gasteiger partial charge in [0.05, 0.1) is 61.2 Å². The van der Waals surface area contributed by atoms with Crippen molar-refractivity contribution in [3.8, 4) is 22.7 Å². The fourth-order valence-electron chi connectivity index (χ4n) is 9.95. The summed E-state index contributed by atoms with van der Waals surface area (Å²) in [5, 5.41) is 9.95. The largest absolute Gasteiger partial charge is 0.309 e. The van der Waals surface area contributed by atoms with Gasteiger partial charge in [-0.1, -0.05) is 133 Å². The van der Waals surface area contributed by atoms with Crippen molar-refractivity contribution >= 4 is 87.2 Å². The second-order valence-corrected chi connectivity index (χ2v) is 15.4. The van der Waals surface area contributed by atoms with Crippen LogP contribution in [0.25, 0.3) is 110 Å². The van der Waals surface area contributed by atoms with Crippen LogP contribution in [0.4, 0.5) is 0 Å². The number of hydrogen-bond acceptors (Lipinski definition) is 0. The highest BCUT2D eigenvalue weighted by Gasteiger charge is 2.20. The molecule has 0 bridgehead atoms. The summed E-state index contributed by atoms with van der Waals surface area (Å²) >= 11 is 0. The molecule has 0 aliphatic heterocycles. The van der Waals surface area contributed by atoms with Crippen LogP contribution in [0.3, 0.4) is 0 Å². The van der Waals surface area contributed by atoms with E-state index in [0.717, 1.165) is 28.3 Å². The molecule has 0 atom stereocenters. The zero-order chi connectivity index (χ0) is 37.9. The third-order valence-corrected chi connectivity index (χ3v) is 12.3. The van der Waals surface area contributed by atoms with E-state index in [1.807, 2.05) is 0 Å². The second kappa shape index (κ2) is 11.8. The summed E-state index contributed by atoms with van der Waals surface area (Å²) in [5.74, 6) is 0. The number of aromatic nitrogens is 4. The Labute approximate surface area is 333 Å². The molecular weight excluding hydrogens is 705 g/mol. The molecule has 0 spiro atoms. The van der Waals surface area contributed by atoms with Gasteiger partial charge in [-0.25, -0.2) is 0 Å². The average molecular weight is 739 g/mol. The van der Waals surface area contributed by atoms with E-state index < -0.39 is 0 Å². The van der Waals surface area contributed by atoms with Crippen LogP contribution in [0.5, 0.6) is 0 Å². The third kappa shape index (κ3) is 4.29. The van der Waals surface area contributed by atoms with Crippen LogP contribution in [0.2, 0.25) is 0 Å². The van der Waals surface area contributed by atoms with Crippen LogP contribution in [-0.2, 0) is 0 Å². The molecule has 9 aromatic carbocycles. The molecule has 270 valence electrons. The quantitative estimate of drug-likeness (QED) is 0.171. The van der Waals surface area contributed by atoms with Crippen LogP contribution in [0.1, 0.15) is 0 Å². The summed E-state index contributed by atoms with van der Waals surface area (Å²) < 4.78 is 9.80. The van der Waals surface area contributed by atoms with Crippen molar-refractivity contribution in [2.24, 2.45) is 0 Å². The zero-order valence-electron chi connectivity index (χ0n) is 31.4. The maximum Gasteiger partial charge on any atom is 0.0561 e. The first-order valence-corrected chi connectivity index (χ1v) is 19.9. The van der Waals surface area contributed by atoms with E-state index in [2.05, 4.69) is 225 Å². The van der Waals surface area contributed by atoms with Crippen LogP contribution in [0.15, 0.2) is 206 Å². The summed E-state index contributed by atoms with van der Waals surface area (Å²) in [5.41, 5.74) is 13.9. The normalized spacial score (nSPS) is 12.1. The summed E-state index contributed by atoms with van der Waals surface area (Å²) in [6.45, 7) is 0. The summed E-state index contributed by atoms with van der Waals surface area (Å²) in [7, 11) is 0. The van der Waals surface area contributed by atoms with Crippen molar-refractivity contribution in [3.63, 3.8) is 0 Å². The molecule has 0 saturated heterocycles. The number of fused-ring (bicyclic) bond motifs is 12. The number of hydrogen-bond donors (Lipinski definition) is 0. The minimum absolute atomic E-state index is 1.10. The van der Waals surface area contributed by atoms with E-state index in [1.54, 1.807) is 0 Å². The van der Waals surface area contributed by atoms with Gasteiger partial charge < -0.3 is 18.3 Å². The minimum Gasteiger partial charge on any atom is -0.309 e. The van der Waals surface area contributed by atoms with Crippen LogP contribution in [0, 0.1) is 0 Å². The summed E-state index contributed by atoms with van der Waals surface area (Å²) in [6.07, 6.45) is 0. The smallest absolute Gasteiger partial charge is 0.0561 e. The lowest BCUT2D eigenvalue weighted by atomic mass is 10.1. The highest BCUT2D eigenvalue weighted by molar-refractivity contribution is 6.13. The third-order valence-electron chi connectivity index (χ3n) is 12.3. The first-order valence-electron chi connectivity index (χ1n) is 19.9. The monoisotopic (exact) mass is 738 g/mol. The number of nitrogens with zero attached hydrogens (tertiary/aromatic N) is 4. The number of benzene rings is 9. The summed E-state index contributed by atoms with van der Waals surface area (Å²) in [4.78, 5) is 0. The average Bonchev–Trinajstić information content (AvgIpc) is 4.01. The molecule has 0 aliphatic carbocycles. The molecular formula is C54H34N4. The lowest BCUT2D eigenvalue weighted by molar-refractivity contribution is 1.09. The highest BCUT2D eigenvalue weighted by atomic mass is 15.0. The Morgan fingerprint density at radius 2 is 0.397 bits per heavy atom. The molecule has 0 aliphatic rings. The van der Waals surface area contributed by atoms with Crippen LogP contribution >= 0.6 is 0 Å². The SMILES string of the molecule is c1ccc2c(c1)c1ccccc1n2-c1cc(-n2c3ccccc3c3ccccc32)cc(-n2c3ccccc3c3ccc(-n4c5ccccc5c5ccccc54)cc32)c1. The maximum absolute atomic E-state index is 2.48. The number of para-hydroxylation sites is 7. The van der Waals surface area contributed by atoms with Gasteiger partial charge in [-0.15, -0.1) is 0 Å². The standard InChI is InChI=1S/C54H34N4/c1-8-22-47-39(15-1)40-16-2-9-23-48(40)55(47)35-29-30-46-45-21-7-14-28-53(45)58(54(46)34-35)38-32-36(56-49-24-10-3-17-41(49)42-18-4-11-25-50(42)56)31-37(33-38)57-51-26-12-5-19-43(51)44-20-6-13-27-52(44)57/h1-34H. The summed E-state index contributed by atoms with van der Waals surface area (Å²) in [6, 6.07) is 75.7. The molecule has 4 aromatic heterocycles.